The Kier molecular flexibility index (Phi) is 6.06. The molecule has 2 aromatic rings. The largest absolute Gasteiger partial charge is 0.438 e. The van der Waals surface area contributed by atoms with Crippen LogP contribution in [-0.2, 0) is 35.0 Å². The molecule has 0 saturated heterocycles. The van der Waals surface area contributed by atoms with E-state index in [1.807, 2.05) is 13.8 Å². The van der Waals surface area contributed by atoms with E-state index in [0.717, 1.165) is 12.8 Å². The predicted octanol–water partition coefficient (Wildman–Crippen LogP) is 4.57. The number of cyclic esters (lactones) is 2. The lowest BCUT2D eigenvalue weighted by Gasteiger charge is -2.30. The molecule has 7 nitrogen and oxygen atoms in total. The number of ether oxygens (including phenoxy) is 3. The monoisotopic (exact) mass is 450 g/mol. The zero-order valence-corrected chi connectivity index (χ0v) is 18.7. The van der Waals surface area contributed by atoms with Crippen LogP contribution in [0.4, 0.5) is 0 Å². The van der Waals surface area contributed by atoms with Gasteiger partial charge in [-0.1, -0.05) is 63.1 Å². The lowest BCUT2D eigenvalue weighted by atomic mass is 9.86. The van der Waals surface area contributed by atoms with Crippen molar-refractivity contribution in [1.82, 2.24) is 0 Å². The molecular weight excluding hydrogens is 424 g/mol. The van der Waals surface area contributed by atoms with Gasteiger partial charge < -0.3 is 14.2 Å². The van der Waals surface area contributed by atoms with Gasteiger partial charge in [0.25, 0.3) is 0 Å². The van der Waals surface area contributed by atoms with Crippen LogP contribution in [0.1, 0.15) is 84.2 Å². The van der Waals surface area contributed by atoms with E-state index >= 15 is 0 Å². The van der Waals surface area contributed by atoms with E-state index in [9.17, 15) is 19.2 Å². The first-order chi connectivity index (χ1) is 15.9. The normalized spacial score (nSPS) is 22.8. The summed E-state index contributed by atoms with van der Waals surface area (Å²) in [7, 11) is 0. The highest BCUT2D eigenvalue weighted by molar-refractivity contribution is 6.06. The highest BCUT2D eigenvalue weighted by Crippen LogP contribution is 2.44. The van der Waals surface area contributed by atoms with E-state index < -0.39 is 35.1 Å². The van der Waals surface area contributed by atoms with Crippen LogP contribution in [0.3, 0.4) is 0 Å². The molecule has 172 valence electrons. The number of carbonyl (C=O) groups excluding carboxylic acids is 4. The molecule has 0 aliphatic carbocycles. The van der Waals surface area contributed by atoms with Crippen LogP contribution < -0.4 is 0 Å². The molecule has 33 heavy (non-hydrogen) atoms. The first-order valence-corrected chi connectivity index (χ1v) is 11.3. The van der Waals surface area contributed by atoms with Gasteiger partial charge in [-0.2, -0.15) is 0 Å². The van der Waals surface area contributed by atoms with E-state index in [0.29, 0.717) is 24.0 Å². The number of carbonyl (C=O) groups is 4. The zero-order chi connectivity index (χ0) is 23.6. The molecule has 2 aliphatic heterocycles. The molecule has 0 fully saturated rings. The Labute approximate surface area is 192 Å². The van der Waals surface area contributed by atoms with Crippen LogP contribution in [0.5, 0.6) is 0 Å². The molecule has 2 unspecified atom stereocenters. The van der Waals surface area contributed by atoms with Crippen LogP contribution in [0, 0.1) is 0 Å². The van der Waals surface area contributed by atoms with Crippen molar-refractivity contribution in [3.63, 3.8) is 0 Å². The summed E-state index contributed by atoms with van der Waals surface area (Å²) in [6.07, 6.45) is 2.99. The van der Waals surface area contributed by atoms with E-state index in [1.165, 1.54) is 0 Å². The summed E-state index contributed by atoms with van der Waals surface area (Å²) in [6.45, 7) is 3.89. The Hall–Kier alpha value is -3.48. The number of esters is 4. The van der Waals surface area contributed by atoms with Gasteiger partial charge in [0.05, 0.1) is 11.1 Å². The zero-order valence-electron chi connectivity index (χ0n) is 18.7. The fraction of sp³-hybridized carbons (Fsp3) is 0.385. The number of benzene rings is 2. The summed E-state index contributed by atoms with van der Waals surface area (Å²) in [5.74, 6) is -3.22. The molecule has 0 saturated carbocycles. The summed E-state index contributed by atoms with van der Waals surface area (Å²) >= 11 is 0. The highest BCUT2D eigenvalue weighted by atomic mass is 16.6. The summed E-state index contributed by atoms with van der Waals surface area (Å²) in [4.78, 5) is 52.0. The van der Waals surface area contributed by atoms with Crippen molar-refractivity contribution in [3.8, 4) is 0 Å². The molecule has 2 aliphatic rings. The van der Waals surface area contributed by atoms with Gasteiger partial charge in [0.2, 0.25) is 11.2 Å². The molecule has 7 heteroatoms. The summed E-state index contributed by atoms with van der Waals surface area (Å²) in [5.41, 5.74) is -2.12. The van der Waals surface area contributed by atoms with Crippen LogP contribution in [0.15, 0.2) is 48.5 Å². The molecule has 2 heterocycles. The summed E-state index contributed by atoms with van der Waals surface area (Å²) in [6, 6.07) is 13.2. The predicted molar refractivity (Wildman–Crippen MR) is 117 cm³/mol. The van der Waals surface area contributed by atoms with Crippen molar-refractivity contribution < 1.29 is 33.4 Å². The van der Waals surface area contributed by atoms with Crippen LogP contribution in [-0.4, -0.2) is 23.9 Å². The van der Waals surface area contributed by atoms with Gasteiger partial charge in [0.15, 0.2) is 0 Å². The maximum atomic E-state index is 13.5. The second-order valence-corrected chi connectivity index (χ2v) is 8.41. The molecule has 0 bridgehead atoms. The number of rotatable bonds is 8. The molecule has 0 spiro atoms. The number of hydrogen-bond donors (Lipinski definition) is 0. The van der Waals surface area contributed by atoms with Gasteiger partial charge in [-0.15, -0.1) is 0 Å². The Morgan fingerprint density at radius 2 is 1.12 bits per heavy atom. The van der Waals surface area contributed by atoms with E-state index in [1.54, 1.807) is 48.5 Å². The Morgan fingerprint density at radius 1 is 0.727 bits per heavy atom. The topological polar surface area (TPSA) is 96.0 Å². The standard InChI is InChI=1S/C26H26O7/c1-3-5-15-25(19-13-9-7-11-17(19)21(27)32-25)23(29)31-24(30)26(16-6-4-2)20-14-10-8-12-18(20)22(28)33-26/h7-14H,3-6,15-16H2,1-2H3. The minimum atomic E-state index is -1.71. The van der Waals surface area contributed by atoms with E-state index in [4.69, 9.17) is 14.2 Å². The van der Waals surface area contributed by atoms with Crippen LogP contribution in [0.2, 0.25) is 0 Å². The number of hydrogen-bond acceptors (Lipinski definition) is 7. The lowest BCUT2D eigenvalue weighted by molar-refractivity contribution is -0.186. The number of unbranched alkanes of at least 4 members (excludes halogenated alkanes) is 2. The third kappa shape index (κ3) is 3.61. The van der Waals surface area contributed by atoms with Gasteiger partial charge in [0, 0.05) is 24.0 Å². The van der Waals surface area contributed by atoms with Crippen molar-refractivity contribution in [1.29, 1.82) is 0 Å². The van der Waals surface area contributed by atoms with Crippen molar-refractivity contribution in [2.24, 2.45) is 0 Å². The first kappa shape index (κ1) is 22.7. The second kappa shape index (κ2) is 8.81. The van der Waals surface area contributed by atoms with Crippen LogP contribution >= 0.6 is 0 Å². The minimum Gasteiger partial charge on any atom is -0.438 e. The average molecular weight is 450 g/mol. The molecule has 0 N–H and O–H groups in total. The third-order valence-corrected chi connectivity index (χ3v) is 6.31. The van der Waals surface area contributed by atoms with Crippen molar-refractivity contribution in [2.45, 2.75) is 63.6 Å². The van der Waals surface area contributed by atoms with Crippen molar-refractivity contribution >= 4 is 23.9 Å². The molecule has 0 amide bonds. The van der Waals surface area contributed by atoms with Gasteiger partial charge in [-0.3, -0.25) is 0 Å². The fourth-order valence-electron chi connectivity index (χ4n) is 4.54. The van der Waals surface area contributed by atoms with Gasteiger partial charge in [0.1, 0.15) is 0 Å². The SMILES string of the molecule is CCCCC1(C(=O)OC(=O)C2(CCCC)OC(=O)c3ccccc32)OC(=O)c2ccccc21. The maximum Gasteiger partial charge on any atom is 0.363 e. The van der Waals surface area contributed by atoms with Gasteiger partial charge in [-0.05, 0) is 25.0 Å². The minimum absolute atomic E-state index is 0.177. The van der Waals surface area contributed by atoms with Crippen LogP contribution in [0.25, 0.3) is 0 Å². The van der Waals surface area contributed by atoms with E-state index in [-0.39, 0.29) is 24.0 Å². The summed E-state index contributed by atoms with van der Waals surface area (Å²) in [5, 5.41) is 0. The summed E-state index contributed by atoms with van der Waals surface area (Å²) < 4.78 is 16.6. The maximum absolute atomic E-state index is 13.5. The van der Waals surface area contributed by atoms with Crippen molar-refractivity contribution in [3.05, 3.63) is 70.8 Å². The second-order valence-electron chi connectivity index (χ2n) is 8.41. The lowest BCUT2D eigenvalue weighted by Crippen LogP contribution is -2.44. The Bertz CT molecular complexity index is 1030. The molecular formula is C26H26O7. The van der Waals surface area contributed by atoms with Gasteiger partial charge >= 0.3 is 23.9 Å². The first-order valence-electron chi connectivity index (χ1n) is 11.3. The molecule has 4 rings (SSSR count). The Morgan fingerprint density at radius 3 is 1.52 bits per heavy atom. The quantitative estimate of drug-likeness (QED) is 0.330. The smallest absolute Gasteiger partial charge is 0.363 e. The molecule has 0 radical (unpaired) electrons. The molecule has 0 aromatic heterocycles. The number of fused-ring (bicyclic) bond motifs is 2. The molecule has 2 aromatic carbocycles. The van der Waals surface area contributed by atoms with Gasteiger partial charge in [-0.25, -0.2) is 19.2 Å². The van der Waals surface area contributed by atoms with Crippen molar-refractivity contribution in [2.75, 3.05) is 0 Å². The average Bonchev–Trinajstić information content (AvgIpc) is 3.29. The third-order valence-electron chi connectivity index (χ3n) is 6.31. The highest BCUT2D eigenvalue weighted by Gasteiger charge is 2.57. The Balaban J connectivity index is 1.71. The molecule has 2 atom stereocenters. The van der Waals surface area contributed by atoms with E-state index in [2.05, 4.69) is 0 Å². The fourth-order valence-corrected chi connectivity index (χ4v) is 4.54.